The van der Waals surface area contributed by atoms with Gasteiger partial charge in [-0.1, -0.05) is 41.0 Å². The summed E-state index contributed by atoms with van der Waals surface area (Å²) in [7, 11) is 0. The molecule has 0 aliphatic carbocycles. The van der Waals surface area contributed by atoms with Gasteiger partial charge in [-0.2, -0.15) is 0 Å². The molecule has 0 aromatic rings. The fourth-order valence-corrected chi connectivity index (χ4v) is 3.15. The van der Waals surface area contributed by atoms with Crippen LogP contribution in [0.15, 0.2) is 0 Å². The molecule has 0 radical (unpaired) electrons. The van der Waals surface area contributed by atoms with Crippen molar-refractivity contribution in [3.05, 3.63) is 0 Å². The van der Waals surface area contributed by atoms with Crippen LogP contribution < -0.4 is 5.32 Å². The highest BCUT2D eigenvalue weighted by Gasteiger charge is 2.27. The van der Waals surface area contributed by atoms with E-state index in [9.17, 15) is 0 Å². The monoisotopic (exact) mass is 211 g/mol. The van der Waals surface area contributed by atoms with Gasteiger partial charge in [0.05, 0.1) is 0 Å². The zero-order valence-electron chi connectivity index (χ0n) is 11.3. The third-order valence-corrected chi connectivity index (χ3v) is 3.63. The van der Waals surface area contributed by atoms with Gasteiger partial charge in [0.2, 0.25) is 0 Å². The predicted molar refractivity (Wildman–Crippen MR) is 68.0 cm³/mol. The minimum Gasteiger partial charge on any atom is -0.314 e. The molecule has 1 nitrogen and oxygen atoms in total. The van der Waals surface area contributed by atoms with Crippen molar-refractivity contribution in [3.63, 3.8) is 0 Å². The van der Waals surface area contributed by atoms with Gasteiger partial charge in [-0.15, -0.1) is 0 Å². The third-order valence-electron chi connectivity index (χ3n) is 3.63. The third kappa shape index (κ3) is 4.55. The fraction of sp³-hybridized carbons (Fsp3) is 1.00. The first-order valence-corrected chi connectivity index (χ1v) is 6.65. The molecule has 0 saturated carbocycles. The van der Waals surface area contributed by atoms with Crippen molar-refractivity contribution >= 4 is 0 Å². The smallest absolute Gasteiger partial charge is 0.00982 e. The first-order valence-electron chi connectivity index (χ1n) is 6.65. The normalized spacial score (nSPS) is 29.4. The topological polar surface area (TPSA) is 12.0 Å². The van der Waals surface area contributed by atoms with Crippen LogP contribution >= 0.6 is 0 Å². The molecule has 1 N–H and O–H groups in total. The zero-order valence-corrected chi connectivity index (χ0v) is 11.3. The van der Waals surface area contributed by atoms with Gasteiger partial charge in [0.15, 0.2) is 0 Å². The Morgan fingerprint density at radius 2 is 2.00 bits per heavy atom. The Morgan fingerprint density at radius 1 is 1.33 bits per heavy atom. The second-order valence-electron chi connectivity index (χ2n) is 6.62. The van der Waals surface area contributed by atoms with Gasteiger partial charge in [0.1, 0.15) is 0 Å². The highest BCUT2D eigenvalue weighted by molar-refractivity contribution is 4.84. The summed E-state index contributed by atoms with van der Waals surface area (Å²) in [5.41, 5.74) is 0.486. The second-order valence-corrected chi connectivity index (χ2v) is 6.62. The predicted octanol–water partition coefficient (Wildman–Crippen LogP) is 3.84. The van der Waals surface area contributed by atoms with Crippen molar-refractivity contribution in [2.45, 2.75) is 66.3 Å². The maximum absolute atomic E-state index is 3.67. The van der Waals surface area contributed by atoms with E-state index in [2.05, 4.69) is 39.9 Å². The van der Waals surface area contributed by atoms with Crippen molar-refractivity contribution < 1.29 is 0 Å². The Bertz CT molecular complexity index is 180. The van der Waals surface area contributed by atoms with E-state index >= 15 is 0 Å². The van der Waals surface area contributed by atoms with Crippen LogP contribution in [-0.2, 0) is 0 Å². The van der Waals surface area contributed by atoms with Gasteiger partial charge in [0.25, 0.3) is 0 Å². The lowest BCUT2D eigenvalue weighted by atomic mass is 9.81. The van der Waals surface area contributed by atoms with Gasteiger partial charge in [-0.05, 0) is 43.1 Å². The Kier molecular flexibility index (Phi) is 4.64. The van der Waals surface area contributed by atoms with Gasteiger partial charge >= 0.3 is 0 Å². The van der Waals surface area contributed by atoms with E-state index in [4.69, 9.17) is 0 Å². The van der Waals surface area contributed by atoms with Gasteiger partial charge in [0, 0.05) is 6.04 Å². The number of rotatable bonds is 4. The first kappa shape index (κ1) is 13.0. The lowest BCUT2D eigenvalue weighted by Gasteiger charge is -2.27. The van der Waals surface area contributed by atoms with E-state index in [1.54, 1.807) is 0 Å². The lowest BCUT2D eigenvalue weighted by Crippen LogP contribution is -2.29. The highest BCUT2D eigenvalue weighted by atomic mass is 14.9. The largest absolute Gasteiger partial charge is 0.314 e. The summed E-state index contributed by atoms with van der Waals surface area (Å²) in [6.45, 7) is 13.0. The Labute approximate surface area is 96.0 Å². The maximum atomic E-state index is 3.67. The minimum absolute atomic E-state index is 0.486. The first-order chi connectivity index (χ1) is 6.92. The van der Waals surface area contributed by atoms with Crippen molar-refractivity contribution in [2.75, 3.05) is 6.54 Å². The van der Waals surface area contributed by atoms with Crippen LogP contribution in [0.1, 0.15) is 60.3 Å². The molecule has 1 heterocycles. The molecule has 0 bridgehead atoms. The van der Waals surface area contributed by atoms with Gasteiger partial charge in [-0.3, -0.25) is 0 Å². The molecule has 1 aliphatic rings. The summed E-state index contributed by atoms with van der Waals surface area (Å²) in [4.78, 5) is 0. The standard InChI is InChI=1S/C14H29N/c1-6-12-7-8-15-13(12)9-11(2)10-14(3,4)5/h11-13,15H,6-10H2,1-5H3/t11-,12-,13+/m1/s1. The highest BCUT2D eigenvalue weighted by Crippen LogP contribution is 2.30. The van der Waals surface area contributed by atoms with E-state index in [1.165, 1.54) is 32.2 Å². The van der Waals surface area contributed by atoms with Crippen molar-refractivity contribution in [1.82, 2.24) is 5.32 Å². The summed E-state index contributed by atoms with van der Waals surface area (Å²) >= 11 is 0. The summed E-state index contributed by atoms with van der Waals surface area (Å²) in [6.07, 6.45) is 5.46. The van der Waals surface area contributed by atoms with Crippen LogP contribution in [0.5, 0.6) is 0 Å². The number of nitrogens with one attached hydrogen (secondary N) is 1. The Hall–Kier alpha value is -0.0400. The molecule has 1 fully saturated rings. The Balaban J connectivity index is 2.34. The van der Waals surface area contributed by atoms with Crippen molar-refractivity contribution in [3.8, 4) is 0 Å². The molecule has 0 aromatic carbocycles. The molecule has 1 saturated heterocycles. The zero-order chi connectivity index (χ0) is 11.5. The van der Waals surface area contributed by atoms with Crippen LogP contribution in [0.3, 0.4) is 0 Å². The molecule has 1 aliphatic heterocycles. The van der Waals surface area contributed by atoms with Crippen LogP contribution in [0, 0.1) is 17.3 Å². The van der Waals surface area contributed by atoms with E-state index in [1.807, 2.05) is 0 Å². The average Bonchev–Trinajstić information content (AvgIpc) is 2.48. The molecule has 0 amide bonds. The van der Waals surface area contributed by atoms with Crippen LogP contribution in [0.4, 0.5) is 0 Å². The quantitative estimate of drug-likeness (QED) is 0.745. The molecular weight excluding hydrogens is 182 g/mol. The summed E-state index contributed by atoms with van der Waals surface area (Å²) < 4.78 is 0. The van der Waals surface area contributed by atoms with E-state index in [0.717, 1.165) is 17.9 Å². The molecule has 1 rings (SSSR count). The SMILES string of the molecule is CC[C@@H]1CCN[C@H]1C[C@@H](C)CC(C)(C)C. The fourth-order valence-electron chi connectivity index (χ4n) is 3.15. The average molecular weight is 211 g/mol. The van der Waals surface area contributed by atoms with Crippen molar-refractivity contribution in [2.24, 2.45) is 17.3 Å². The molecule has 0 unspecified atom stereocenters. The van der Waals surface area contributed by atoms with E-state index < -0.39 is 0 Å². The Morgan fingerprint density at radius 3 is 2.53 bits per heavy atom. The van der Waals surface area contributed by atoms with E-state index in [0.29, 0.717) is 5.41 Å². The minimum atomic E-state index is 0.486. The molecule has 90 valence electrons. The molecule has 3 atom stereocenters. The molecule has 1 heteroatoms. The summed E-state index contributed by atoms with van der Waals surface area (Å²) in [5, 5.41) is 3.67. The number of hydrogen-bond acceptors (Lipinski definition) is 1. The van der Waals surface area contributed by atoms with Gasteiger partial charge < -0.3 is 5.32 Å². The van der Waals surface area contributed by atoms with Crippen LogP contribution in [-0.4, -0.2) is 12.6 Å². The maximum Gasteiger partial charge on any atom is 0.00982 e. The van der Waals surface area contributed by atoms with Crippen LogP contribution in [0.2, 0.25) is 0 Å². The second kappa shape index (κ2) is 5.34. The molecule has 0 spiro atoms. The molecule has 15 heavy (non-hydrogen) atoms. The number of hydrogen-bond donors (Lipinski definition) is 1. The van der Waals surface area contributed by atoms with E-state index in [-0.39, 0.29) is 0 Å². The molecule has 0 aromatic heterocycles. The van der Waals surface area contributed by atoms with Crippen LogP contribution in [0.25, 0.3) is 0 Å². The van der Waals surface area contributed by atoms with Crippen molar-refractivity contribution in [1.29, 1.82) is 0 Å². The lowest BCUT2D eigenvalue weighted by molar-refractivity contribution is 0.263. The summed E-state index contributed by atoms with van der Waals surface area (Å²) in [6, 6.07) is 0.798. The summed E-state index contributed by atoms with van der Waals surface area (Å²) in [5.74, 6) is 1.79. The molecular formula is C14H29N. The van der Waals surface area contributed by atoms with Gasteiger partial charge in [-0.25, -0.2) is 0 Å².